The van der Waals surface area contributed by atoms with E-state index in [-0.39, 0.29) is 0 Å². The molecule has 1 unspecified atom stereocenters. The third kappa shape index (κ3) is 2.66. The smallest absolute Gasteiger partial charge is 0.116 e. The van der Waals surface area contributed by atoms with Crippen LogP contribution in [0, 0.1) is 12.3 Å². The number of hydrogen-bond donors (Lipinski definition) is 0. The van der Waals surface area contributed by atoms with Crippen molar-refractivity contribution in [2.75, 3.05) is 12.8 Å². The molecule has 0 aromatic carbocycles. The van der Waals surface area contributed by atoms with Crippen molar-refractivity contribution in [2.24, 2.45) is 0 Å². The summed E-state index contributed by atoms with van der Waals surface area (Å²) in [5.41, 5.74) is 0. The van der Waals surface area contributed by atoms with Gasteiger partial charge in [-0.15, -0.1) is 6.42 Å². The largest absolute Gasteiger partial charge is 0.319 e. The van der Waals surface area contributed by atoms with Gasteiger partial charge in [-0.1, -0.05) is 12.5 Å². The molecule has 0 radical (unpaired) electrons. The Hall–Kier alpha value is -0.470. The predicted octanol–water partition coefficient (Wildman–Crippen LogP) is 1.76. The highest BCUT2D eigenvalue weighted by molar-refractivity contribution is 7.66. The molecule has 0 saturated heterocycles. The van der Waals surface area contributed by atoms with Gasteiger partial charge < -0.3 is 4.57 Å². The van der Waals surface area contributed by atoms with Gasteiger partial charge in [0.05, 0.1) is 6.16 Å². The van der Waals surface area contributed by atoms with Gasteiger partial charge >= 0.3 is 0 Å². The van der Waals surface area contributed by atoms with Gasteiger partial charge in [0.2, 0.25) is 0 Å². The molecule has 0 spiro atoms. The second-order valence-corrected chi connectivity index (χ2v) is 4.75. The van der Waals surface area contributed by atoms with Gasteiger partial charge in [-0.05, 0) is 12.5 Å². The lowest BCUT2D eigenvalue weighted by Crippen LogP contribution is -1.76. The van der Waals surface area contributed by atoms with Crippen molar-refractivity contribution < 1.29 is 4.57 Å². The zero-order valence-corrected chi connectivity index (χ0v) is 5.82. The minimum atomic E-state index is -2.15. The number of terminal acetylenes is 1. The third-order valence-corrected chi connectivity index (χ3v) is 2.37. The summed E-state index contributed by atoms with van der Waals surface area (Å²) in [5, 5.41) is 0. The van der Waals surface area contributed by atoms with Crippen molar-refractivity contribution in [3.05, 3.63) is 12.4 Å². The van der Waals surface area contributed by atoms with Gasteiger partial charge in [0, 0.05) is 0 Å². The summed E-state index contributed by atoms with van der Waals surface area (Å²) in [5.74, 6) is 3.76. The van der Waals surface area contributed by atoms with Gasteiger partial charge in [-0.2, -0.15) is 0 Å². The SMILES string of the molecule is C#CCP(C)(=O)C=C. The maximum Gasteiger partial charge on any atom is 0.116 e. The lowest BCUT2D eigenvalue weighted by molar-refractivity contribution is 0.586. The summed E-state index contributed by atoms with van der Waals surface area (Å²) in [4.78, 5) is 0. The number of hydrogen-bond acceptors (Lipinski definition) is 1. The molecular weight excluding hydrogens is 119 g/mol. The number of rotatable bonds is 2. The first-order valence-electron chi connectivity index (χ1n) is 2.25. The Balaban J connectivity index is 3.98. The summed E-state index contributed by atoms with van der Waals surface area (Å²) in [6.07, 6.45) is 5.25. The molecule has 0 aliphatic heterocycles. The molecule has 0 amide bonds. The average Bonchev–Trinajstić information content (AvgIpc) is 1.67. The van der Waals surface area contributed by atoms with Gasteiger partial charge in [-0.3, -0.25) is 0 Å². The molecule has 0 saturated carbocycles. The molecule has 1 atom stereocenters. The minimum Gasteiger partial charge on any atom is -0.319 e. The zero-order valence-electron chi connectivity index (χ0n) is 4.92. The van der Waals surface area contributed by atoms with Crippen LogP contribution in [-0.4, -0.2) is 12.8 Å². The van der Waals surface area contributed by atoms with Crippen molar-refractivity contribution in [1.82, 2.24) is 0 Å². The molecule has 0 bridgehead atoms. The standard InChI is InChI=1S/C6H9OP/c1-4-6-8(3,7)5-2/h1,5H,2,6H2,3H3. The third-order valence-electron chi connectivity index (χ3n) is 0.791. The molecule has 0 aromatic rings. The van der Waals surface area contributed by atoms with Crippen LogP contribution in [-0.2, 0) is 4.57 Å². The molecule has 0 aliphatic carbocycles. The van der Waals surface area contributed by atoms with Crippen LogP contribution >= 0.6 is 7.14 Å². The quantitative estimate of drug-likeness (QED) is 0.409. The topological polar surface area (TPSA) is 17.1 Å². The van der Waals surface area contributed by atoms with Crippen LogP contribution in [0.25, 0.3) is 0 Å². The first-order valence-corrected chi connectivity index (χ1v) is 4.66. The fourth-order valence-corrected chi connectivity index (χ4v) is 0.737. The van der Waals surface area contributed by atoms with E-state index in [9.17, 15) is 4.57 Å². The van der Waals surface area contributed by atoms with E-state index in [0.717, 1.165) is 0 Å². The summed E-state index contributed by atoms with van der Waals surface area (Å²) >= 11 is 0. The second kappa shape index (κ2) is 2.74. The van der Waals surface area contributed by atoms with E-state index < -0.39 is 7.14 Å². The van der Waals surface area contributed by atoms with Gasteiger partial charge in [0.25, 0.3) is 0 Å². The van der Waals surface area contributed by atoms with Crippen molar-refractivity contribution in [3.8, 4) is 12.3 Å². The highest BCUT2D eigenvalue weighted by Crippen LogP contribution is 2.40. The predicted molar refractivity (Wildman–Crippen MR) is 37.4 cm³/mol. The average molecular weight is 128 g/mol. The van der Waals surface area contributed by atoms with E-state index in [2.05, 4.69) is 12.5 Å². The summed E-state index contributed by atoms with van der Waals surface area (Å²) in [7, 11) is -2.15. The Bertz CT molecular complexity index is 164. The van der Waals surface area contributed by atoms with Crippen LogP contribution in [0.1, 0.15) is 0 Å². The Morgan fingerprint density at radius 2 is 2.50 bits per heavy atom. The summed E-state index contributed by atoms with van der Waals surface area (Å²) in [6, 6.07) is 0. The Morgan fingerprint density at radius 1 is 2.00 bits per heavy atom. The molecule has 1 nitrogen and oxygen atoms in total. The molecule has 0 fully saturated rings. The van der Waals surface area contributed by atoms with Crippen LogP contribution in [0.15, 0.2) is 12.4 Å². The monoisotopic (exact) mass is 128 g/mol. The van der Waals surface area contributed by atoms with Crippen LogP contribution in [0.3, 0.4) is 0 Å². The van der Waals surface area contributed by atoms with Crippen LogP contribution in [0.4, 0.5) is 0 Å². The van der Waals surface area contributed by atoms with Crippen molar-refractivity contribution in [2.45, 2.75) is 0 Å². The summed E-state index contributed by atoms with van der Waals surface area (Å²) < 4.78 is 10.9. The van der Waals surface area contributed by atoms with E-state index >= 15 is 0 Å². The highest BCUT2D eigenvalue weighted by atomic mass is 31.2. The molecule has 0 N–H and O–H groups in total. The molecule has 44 valence electrons. The van der Waals surface area contributed by atoms with Crippen molar-refractivity contribution >= 4 is 7.14 Å². The maximum atomic E-state index is 10.9. The fourth-order valence-electron chi connectivity index (χ4n) is 0.246. The highest BCUT2D eigenvalue weighted by Gasteiger charge is 2.04. The second-order valence-electron chi connectivity index (χ2n) is 1.72. The van der Waals surface area contributed by atoms with Gasteiger partial charge in [-0.25, -0.2) is 0 Å². The van der Waals surface area contributed by atoms with E-state index in [1.807, 2.05) is 0 Å². The molecule has 0 aromatic heterocycles. The van der Waals surface area contributed by atoms with Crippen LogP contribution in [0.5, 0.6) is 0 Å². The van der Waals surface area contributed by atoms with Crippen molar-refractivity contribution in [1.29, 1.82) is 0 Å². The van der Waals surface area contributed by atoms with Gasteiger partial charge in [0.1, 0.15) is 7.14 Å². The first-order chi connectivity index (χ1) is 3.62. The molecule has 8 heavy (non-hydrogen) atoms. The Morgan fingerprint density at radius 3 is 2.62 bits per heavy atom. The Kier molecular flexibility index (Phi) is 2.58. The molecule has 0 heterocycles. The maximum absolute atomic E-state index is 10.9. The zero-order chi connectivity index (χ0) is 6.62. The van der Waals surface area contributed by atoms with E-state index in [4.69, 9.17) is 6.42 Å². The van der Waals surface area contributed by atoms with Gasteiger partial charge in [0.15, 0.2) is 0 Å². The first kappa shape index (κ1) is 7.53. The van der Waals surface area contributed by atoms with E-state index in [1.165, 1.54) is 5.82 Å². The molecular formula is C6H9OP. The normalized spacial score (nSPS) is 16.0. The fraction of sp³-hybridized carbons (Fsp3) is 0.333. The minimum absolute atomic E-state index is 0.330. The van der Waals surface area contributed by atoms with Crippen LogP contribution < -0.4 is 0 Å². The molecule has 0 aliphatic rings. The lowest BCUT2D eigenvalue weighted by atomic mass is 10.8. The molecule has 2 heteroatoms. The van der Waals surface area contributed by atoms with E-state index in [0.29, 0.717) is 6.16 Å². The molecule has 0 rings (SSSR count). The lowest BCUT2D eigenvalue weighted by Gasteiger charge is -1.98. The van der Waals surface area contributed by atoms with Crippen molar-refractivity contribution in [3.63, 3.8) is 0 Å². The van der Waals surface area contributed by atoms with Crippen LogP contribution in [0.2, 0.25) is 0 Å². The summed E-state index contributed by atoms with van der Waals surface area (Å²) in [6.45, 7) is 5.02. The van der Waals surface area contributed by atoms with E-state index in [1.54, 1.807) is 6.66 Å². The Labute approximate surface area is 50.2 Å².